The van der Waals surface area contributed by atoms with Crippen molar-refractivity contribution in [3.63, 3.8) is 0 Å². The summed E-state index contributed by atoms with van der Waals surface area (Å²) in [6, 6.07) is 2.83. The molecular weight excluding hydrogens is 254 g/mol. The van der Waals surface area contributed by atoms with E-state index >= 15 is 0 Å². The molecule has 0 atom stereocenters. The number of rotatable bonds is 2. The van der Waals surface area contributed by atoms with Crippen LogP contribution in [0.2, 0.25) is 0 Å². The van der Waals surface area contributed by atoms with E-state index in [1.807, 2.05) is 0 Å². The van der Waals surface area contributed by atoms with Crippen LogP contribution in [-0.4, -0.2) is 21.9 Å². The minimum absolute atomic E-state index is 0.0730. The maximum Gasteiger partial charge on any atom is 0.426 e. The Kier molecular flexibility index (Phi) is 2.93. The van der Waals surface area contributed by atoms with E-state index in [-0.39, 0.29) is 5.69 Å². The van der Waals surface area contributed by atoms with Gasteiger partial charge in [0.15, 0.2) is 5.56 Å². The third-order valence-electron chi connectivity index (χ3n) is 2.16. The van der Waals surface area contributed by atoms with Crippen molar-refractivity contribution in [2.45, 2.75) is 6.18 Å². The van der Waals surface area contributed by atoms with Crippen LogP contribution in [0.3, 0.4) is 0 Å². The van der Waals surface area contributed by atoms with E-state index in [1.165, 1.54) is 24.5 Å². The highest BCUT2D eigenvalue weighted by Gasteiger charge is 2.42. The summed E-state index contributed by atoms with van der Waals surface area (Å²) in [6.45, 7) is 0. The minimum Gasteiger partial charge on any atom is -0.479 e. The molecule has 0 aromatic carbocycles. The van der Waals surface area contributed by atoms with Crippen LogP contribution in [0, 0.1) is 5.95 Å². The molecule has 0 saturated carbocycles. The van der Waals surface area contributed by atoms with Gasteiger partial charge in [-0.05, 0) is 12.1 Å². The largest absolute Gasteiger partial charge is 0.479 e. The molecule has 96 valence electrons. The molecule has 0 N–H and O–H groups in total. The summed E-state index contributed by atoms with van der Waals surface area (Å²) >= 11 is 0. The van der Waals surface area contributed by atoms with Gasteiger partial charge in [-0.25, -0.2) is 4.68 Å². The van der Waals surface area contributed by atoms with Gasteiger partial charge in [0.05, 0.1) is 19.0 Å². The van der Waals surface area contributed by atoms with Gasteiger partial charge in [-0.15, -0.1) is 5.10 Å². The average Bonchev–Trinajstić information content (AvgIpc) is 2.67. The second-order valence-corrected chi connectivity index (χ2v) is 3.30. The first-order valence-corrected chi connectivity index (χ1v) is 4.75. The molecule has 18 heavy (non-hydrogen) atoms. The minimum atomic E-state index is -4.88. The van der Waals surface area contributed by atoms with E-state index < -0.39 is 23.6 Å². The fourth-order valence-corrected chi connectivity index (χ4v) is 1.41. The Morgan fingerprint density at radius 3 is 2.50 bits per heavy atom. The number of halogens is 4. The van der Waals surface area contributed by atoms with E-state index in [4.69, 9.17) is 0 Å². The molecule has 0 saturated heterocycles. The van der Waals surface area contributed by atoms with Gasteiger partial charge in [0, 0.05) is 6.20 Å². The molecule has 0 aliphatic rings. The molecule has 4 nitrogen and oxygen atoms in total. The van der Waals surface area contributed by atoms with Crippen LogP contribution in [-0.2, 0) is 6.18 Å². The second-order valence-electron chi connectivity index (χ2n) is 3.30. The highest BCUT2D eigenvalue weighted by Crippen LogP contribution is 2.38. The summed E-state index contributed by atoms with van der Waals surface area (Å²) < 4.78 is 56.6. The number of alkyl halides is 3. The van der Waals surface area contributed by atoms with Gasteiger partial charge in [0.25, 0.3) is 0 Å². The lowest BCUT2D eigenvalue weighted by atomic mass is 10.3. The van der Waals surface area contributed by atoms with Crippen molar-refractivity contribution in [2.75, 3.05) is 7.11 Å². The number of aromatic nitrogens is 3. The molecule has 0 radical (unpaired) electrons. The average molecular weight is 261 g/mol. The third-order valence-corrected chi connectivity index (χ3v) is 2.16. The van der Waals surface area contributed by atoms with Crippen molar-refractivity contribution in [3.8, 4) is 11.6 Å². The van der Waals surface area contributed by atoms with Gasteiger partial charge in [-0.3, -0.25) is 4.98 Å². The van der Waals surface area contributed by atoms with Crippen LogP contribution in [0.4, 0.5) is 17.6 Å². The summed E-state index contributed by atoms with van der Waals surface area (Å²) in [7, 11) is 0.991. The number of hydrogen-bond donors (Lipinski definition) is 0. The molecule has 0 aliphatic heterocycles. The van der Waals surface area contributed by atoms with Crippen LogP contribution in [0.25, 0.3) is 5.69 Å². The second kappa shape index (κ2) is 4.28. The normalized spacial score (nSPS) is 11.6. The highest BCUT2D eigenvalue weighted by molar-refractivity contribution is 5.35. The Morgan fingerprint density at radius 1 is 1.33 bits per heavy atom. The lowest BCUT2D eigenvalue weighted by Gasteiger charge is -2.05. The van der Waals surface area contributed by atoms with Crippen LogP contribution >= 0.6 is 0 Å². The van der Waals surface area contributed by atoms with Gasteiger partial charge < -0.3 is 4.74 Å². The van der Waals surface area contributed by atoms with Crippen LogP contribution < -0.4 is 4.74 Å². The van der Waals surface area contributed by atoms with E-state index in [9.17, 15) is 17.6 Å². The van der Waals surface area contributed by atoms with E-state index in [1.54, 1.807) is 0 Å². The number of methoxy groups -OCH3 is 1. The Labute approximate surface area is 98.8 Å². The molecule has 0 unspecified atom stereocenters. The van der Waals surface area contributed by atoms with Gasteiger partial charge in [0.1, 0.15) is 0 Å². The standard InChI is InChI=1S/C10H7F4N3O/c1-18-9-7(10(12,13)14)8(11)17(16-9)6-3-2-4-15-5-6/h2-5H,1H3. The zero-order chi connectivity index (χ0) is 13.3. The van der Waals surface area contributed by atoms with Crippen molar-refractivity contribution in [1.82, 2.24) is 14.8 Å². The fourth-order valence-electron chi connectivity index (χ4n) is 1.41. The van der Waals surface area contributed by atoms with Crippen molar-refractivity contribution >= 4 is 0 Å². The van der Waals surface area contributed by atoms with Gasteiger partial charge in [0.2, 0.25) is 11.8 Å². The zero-order valence-electron chi connectivity index (χ0n) is 9.07. The lowest BCUT2D eigenvalue weighted by Crippen LogP contribution is -2.09. The lowest BCUT2D eigenvalue weighted by molar-refractivity contribution is -0.141. The van der Waals surface area contributed by atoms with Crippen LogP contribution in [0.1, 0.15) is 5.56 Å². The summed E-state index contributed by atoms with van der Waals surface area (Å²) in [4.78, 5) is 3.68. The van der Waals surface area contributed by atoms with Crippen molar-refractivity contribution in [1.29, 1.82) is 0 Å². The van der Waals surface area contributed by atoms with Gasteiger partial charge in [-0.1, -0.05) is 0 Å². The monoisotopic (exact) mass is 261 g/mol. The number of hydrogen-bond acceptors (Lipinski definition) is 3. The molecular formula is C10H7F4N3O. The predicted octanol–water partition coefficient (Wildman–Crippen LogP) is 2.43. The van der Waals surface area contributed by atoms with Crippen LogP contribution in [0.15, 0.2) is 24.5 Å². The van der Waals surface area contributed by atoms with Crippen molar-refractivity contribution < 1.29 is 22.3 Å². The SMILES string of the molecule is COc1nn(-c2cccnc2)c(F)c1C(F)(F)F. The third kappa shape index (κ3) is 2.01. The Hall–Kier alpha value is -2.12. The van der Waals surface area contributed by atoms with Crippen molar-refractivity contribution in [3.05, 3.63) is 36.0 Å². The maximum absolute atomic E-state index is 13.7. The first kappa shape index (κ1) is 12.3. The molecule has 2 aromatic heterocycles. The van der Waals surface area contributed by atoms with Crippen molar-refractivity contribution in [2.24, 2.45) is 0 Å². The topological polar surface area (TPSA) is 39.9 Å². The summed E-state index contributed by atoms with van der Waals surface area (Å²) in [5.41, 5.74) is -1.46. The van der Waals surface area contributed by atoms with Gasteiger partial charge >= 0.3 is 6.18 Å². The molecule has 2 heterocycles. The van der Waals surface area contributed by atoms with E-state index in [2.05, 4.69) is 14.8 Å². The summed E-state index contributed by atoms with van der Waals surface area (Å²) in [6.07, 6.45) is -2.28. The van der Waals surface area contributed by atoms with E-state index in [0.717, 1.165) is 7.11 Å². The summed E-state index contributed by atoms with van der Waals surface area (Å²) in [5, 5.41) is 3.42. The molecule has 0 bridgehead atoms. The molecule has 8 heteroatoms. The fraction of sp³-hybridized carbons (Fsp3) is 0.200. The number of ether oxygens (including phenoxy) is 1. The van der Waals surface area contributed by atoms with Crippen LogP contribution in [0.5, 0.6) is 5.88 Å². The predicted molar refractivity (Wildman–Crippen MR) is 52.9 cm³/mol. The molecule has 2 aromatic rings. The summed E-state index contributed by atoms with van der Waals surface area (Å²) in [5.74, 6) is -2.35. The quantitative estimate of drug-likeness (QED) is 0.779. The molecule has 2 rings (SSSR count). The molecule has 0 fully saturated rings. The Morgan fingerprint density at radius 2 is 2.06 bits per heavy atom. The maximum atomic E-state index is 13.7. The number of pyridine rings is 1. The highest BCUT2D eigenvalue weighted by atomic mass is 19.4. The first-order valence-electron chi connectivity index (χ1n) is 4.75. The smallest absolute Gasteiger partial charge is 0.426 e. The molecule has 0 aliphatic carbocycles. The molecule has 0 spiro atoms. The number of nitrogens with zero attached hydrogens (tertiary/aromatic N) is 3. The zero-order valence-corrected chi connectivity index (χ0v) is 9.07. The molecule has 0 amide bonds. The Balaban J connectivity index is 2.62. The van der Waals surface area contributed by atoms with Gasteiger partial charge in [-0.2, -0.15) is 17.6 Å². The first-order chi connectivity index (χ1) is 8.45. The Bertz CT molecular complexity index is 550. The van der Waals surface area contributed by atoms with E-state index in [0.29, 0.717) is 4.68 Å².